The molecule has 0 saturated carbocycles. The lowest BCUT2D eigenvalue weighted by atomic mass is 10.0. The van der Waals surface area contributed by atoms with E-state index in [1.807, 2.05) is 0 Å². The van der Waals surface area contributed by atoms with Crippen LogP contribution in [0.2, 0.25) is 0 Å². The zero-order chi connectivity index (χ0) is 16.8. The number of rotatable bonds is 7. The fourth-order valence-corrected chi connectivity index (χ4v) is 2.41. The molecule has 0 aliphatic carbocycles. The molecule has 0 spiro atoms. The van der Waals surface area contributed by atoms with Crippen molar-refractivity contribution in [2.75, 3.05) is 0 Å². The van der Waals surface area contributed by atoms with Gasteiger partial charge >= 0.3 is 0 Å². The lowest BCUT2D eigenvalue weighted by Gasteiger charge is -2.05. The minimum absolute atomic E-state index is 0.0492. The maximum atomic E-state index is 13.1. The Morgan fingerprint density at radius 1 is 0.913 bits per heavy atom. The summed E-state index contributed by atoms with van der Waals surface area (Å²) in [4.78, 5) is 11.9. The predicted octanol–water partition coefficient (Wildman–Crippen LogP) is 4.36. The maximum Gasteiger partial charge on any atom is 0.163 e. The van der Waals surface area contributed by atoms with Crippen LogP contribution < -0.4 is 0 Å². The van der Waals surface area contributed by atoms with Crippen LogP contribution in [-0.4, -0.2) is 16.0 Å². The number of aryl methyl sites for hydroxylation is 1. The van der Waals surface area contributed by atoms with Crippen LogP contribution in [0.5, 0.6) is 11.5 Å². The van der Waals surface area contributed by atoms with Crippen molar-refractivity contribution in [2.24, 2.45) is 0 Å². The van der Waals surface area contributed by atoms with Gasteiger partial charge in [-0.05, 0) is 55.2 Å². The fraction of sp³-hybridized carbons (Fsp3) is 0.278. The molecule has 0 radical (unpaired) electrons. The second-order valence-electron chi connectivity index (χ2n) is 5.45. The SMILES string of the molecule is O=C(CCCCCc1cc(O)ccc1O)c1cc(F)cc(F)c1. The molecule has 0 bridgehead atoms. The smallest absolute Gasteiger partial charge is 0.163 e. The normalized spacial score (nSPS) is 10.7. The van der Waals surface area contributed by atoms with Gasteiger partial charge < -0.3 is 10.2 Å². The molecule has 3 nitrogen and oxygen atoms in total. The molecular weight excluding hydrogens is 302 g/mol. The number of phenols is 2. The molecule has 0 aliphatic rings. The van der Waals surface area contributed by atoms with Crippen molar-refractivity contribution in [3.05, 3.63) is 59.2 Å². The minimum Gasteiger partial charge on any atom is -0.508 e. The summed E-state index contributed by atoms with van der Waals surface area (Å²) in [5, 5.41) is 19.0. The largest absolute Gasteiger partial charge is 0.508 e. The van der Waals surface area contributed by atoms with Crippen LogP contribution >= 0.6 is 0 Å². The Hall–Kier alpha value is -2.43. The molecule has 0 fully saturated rings. The average Bonchev–Trinajstić information content (AvgIpc) is 2.49. The number of Topliss-reactive ketones (excluding diaryl/α,β-unsaturated/α-hetero) is 1. The summed E-state index contributed by atoms with van der Waals surface area (Å²) in [6.45, 7) is 0. The van der Waals surface area contributed by atoms with Crippen molar-refractivity contribution in [1.82, 2.24) is 0 Å². The number of halogens is 2. The van der Waals surface area contributed by atoms with Crippen LogP contribution in [0, 0.1) is 11.6 Å². The number of phenolic OH excluding ortho intramolecular Hbond substituents is 2. The van der Waals surface area contributed by atoms with Crippen molar-refractivity contribution in [3.8, 4) is 11.5 Å². The van der Waals surface area contributed by atoms with Gasteiger partial charge in [-0.15, -0.1) is 0 Å². The first-order valence-electron chi connectivity index (χ1n) is 7.46. The van der Waals surface area contributed by atoms with Crippen LogP contribution in [0.25, 0.3) is 0 Å². The third-order valence-electron chi connectivity index (χ3n) is 3.60. The monoisotopic (exact) mass is 320 g/mol. The van der Waals surface area contributed by atoms with Gasteiger partial charge in [0.1, 0.15) is 23.1 Å². The van der Waals surface area contributed by atoms with E-state index in [4.69, 9.17) is 0 Å². The van der Waals surface area contributed by atoms with Gasteiger partial charge in [-0.1, -0.05) is 6.42 Å². The number of hydrogen-bond acceptors (Lipinski definition) is 3. The summed E-state index contributed by atoms with van der Waals surface area (Å²) >= 11 is 0. The molecule has 5 heteroatoms. The topological polar surface area (TPSA) is 57.5 Å². The second kappa shape index (κ2) is 7.72. The number of hydrogen-bond donors (Lipinski definition) is 2. The van der Waals surface area contributed by atoms with Gasteiger partial charge in [0.15, 0.2) is 5.78 Å². The third kappa shape index (κ3) is 5.06. The maximum absolute atomic E-state index is 13.1. The molecule has 0 atom stereocenters. The summed E-state index contributed by atoms with van der Waals surface area (Å²) in [5.74, 6) is -1.57. The zero-order valence-electron chi connectivity index (χ0n) is 12.6. The van der Waals surface area contributed by atoms with Crippen molar-refractivity contribution >= 4 is 5.78 Å². The van der Waals surface area contributed by atoms with E-state index < -0.39 is 11.6 Å². The van der Waals surface area contributed by atoms with Crippen LogP contribution in [0.4, 0.5) is 8.78 Å². The summed E-state index contributed by atoms with van der Waals surface area (Å²) in [6, 6.07) is 7.17. The van der Waals surface area contributed by atoms with Crippen molar-refractivity contribution < 1.29 is 23.8 Å². The number of aromatic hydroxyl groups is 2. The predicted molar refractivity (Wildman–Crippen MR) is 82.6 cm³/mol. The number of ketones is 1. The highest BCUT2D eigenvalue weighted by Crippen LogP contribution is 2.24. The minimum atomic E-state index is -0.757. The van der Waals surface area contributed by atoms with Crippen molar-refractivity contribution in [2.45, 2.75) is 32.1 Å². The van der Waals surface area contributed by atoms with Gasteiger partial charge in [-0.2, -0.15) is 0 Å². The van der Waals surface area contributed by atoms with Gasteiger partial charge in [-0.3, -0.25) is 4.79 Å². The molecule has 0 saturated heterocycles. The van der Waals surface area contributed by atoms with Gasteiger partial charge in [0, 0.05) is 18.1 Å². The molecule has 122 valence electrons. The Morgan fingerprint density at radius 2 is 1.61 bits per heavy atom. The molecule has 0 unspecified atom stereocenters. The van der Waals surface area contributed by atoms with E-state index in [0.717, 1.165) is 31.0 Å². The standard InChI is InChI=1S/C18H18F2O3/c19-14-8-13(9-15(20)11-14)17(22)5-3-1-2-4-12-10-16(21)6-7-18(12)23/h6-11,21,23H,1-5H2. The van der Waals surface area contributed by atoms with Crippen molar-refractivity contribution in [3.63, 3.8) is 0 Å². The summed E-state index contributed by atoms with van der Waals surface area (Å²) in [6.07, 6.45) is 2.87. The van der Waals surface area contributed by atoms with E-state index in [1.54, 1.807) is 0 Å². The summed E-state index contributed by atoms with van der Waals surface area (Å²) < 4.78 is 26.1. The zero-order valence-corrected chi connectivity index (χ0v) is 12.6. The Bertz CT molecular complexity index is 678. The Labute approximate surface area is 133 Å². The molecule has 0 heterocycles. The number of carbonyl (C=O) groups excluding carboxylic acids is 1. The number of unbranched alkanes of at least 4 members (excludes halogenated alkanes) is 2. The van der Waals surface area contributed by atoms with E-state index in [9.17, 15) is 23.8 Å². The molecule has 23 heavy (non-hydrogen) atoms. The number of carbonyl (C=O) groups is 1. The van der Waals surface area contributed by atoms with Gasteiger partial charge in [-0.25, -0.2) is 8.78 Å². The highest BCUT2D eigenvalue weighted by atomic mass is 19.1. The van der Waals surface area contributed by atoms with Crippen LogP contribution in [-0.2, 0) is 6.42 Å². The summed E-state index contributed by atoms with van der Waals surface area (Å²) in [5.41, 5.74) is 0.705. The van der Waals surface area contributed by atoms with E-state index in [1.165, 1.54) is 18.2 Å². The van der Waals surface area contributed by atoms with Crippen LogP contribution in [0.3, 0.4) is 0 Å². The van der Waals surface area contributed by atoms with Gasteiger partial charge in [0.25, 0.3) is 0 Å². The second-order valence-corrected chi connectivity index (χ2v) is 5.45. The highest BCUT2D eigenvalue weighted by molar-refractivity contribution is 5.96. The van der Waals surface area contributed by atoms with Gasteiger partial charge in [0.2, 0.25) is 0 Å². The first-order chi connectivity index (χ1) is 11.0. The first-order valence-corrected chi connectivity index (χ1v) is 7.46. The number of benzene rings is 2. The average molecular weight is 320 g/mol. The van der Waals surface area contributed by atoms with E-state index in [-0.39, 0.29) is 29.3 Å². The molecule has 0 aromatic heterocycles. The first kappa shape index (κ1) is 16.9. The fourth-order valence-electron chi connectivity index (χ4n) is 2.41. The Kier molecular flexibility index (Phi) is 5.68. The van der Waals surface area contributed by atoms with Gasteiger partial charge in [0.05, 0.1) is 0 Å². The molecule has 2 aromatic carbocycles. The Balaban J connectivity index is 1.77. The quantitative estimate of drug-likeness (QED) is 0.453. The lowest BCUT2D eigenvalue weighted by molar-refractivity contribution is 0.0978. The van der Waals surface area contributed by atoms with E-state index in [2.05, 4.69) is 0 Å². The van der Waals surface area contributed by atoms with Crippen LogP contribution in [0.1, 0.15) is 41.6 Å². The van der Waals surface area contributed by atoms with E-state index in [0.29, 0.717) is 18.4 Å². The molecule has 0 aliphatic heterocycles. The van der Waals surface area contributed by atoms with Crippen LogP contribution in [0.15, 0.2) is 36.4 Å². The van der Waals surface area contributed by atoms with Crippen molar-refractivity contribution in [1.29, 1.82) is 0 Å². The molecule has 2 N–H and O–H groups in total. The summed E-state index contributed by atoms with van der Waals surface area (Å²) in [7, 11) is 0. The molecule has 2 rings (SSSR count). The third-order valence-corrected chi connectivity index (χ3v) is 3.60. The molecular formula is C18H18F2O3. The van der Waals surface area contributed by atoms with E-state index >= 15 is 0 Å². The molecule has 0 amide bonds. The molecule has 2 aromatic rings. The lowest BCUT2D eigenvalue weighted by Crippen LogP contribution is -2.01. The Morgan fingerprint density at radius 3 is 2.30 bits per heavy atom. The highest BCUT2D eigenvalue weighted by Gasteiger charge is 2.09.